The molecule has 0 aliphatic carbocycles. The van der Waals surface area contributed by atoms with Gasteiger partial charge in [-0.15, -0.1) is 0 Å². The number of hydrogen-bond acceptors (Lipinski definition) is 5. The lowest BCUT2D eigenvalue weighted by Crippen LogP contribution is -2.00. The Balaban J connectivity index is 1.33. The molecule has 44 heavy (non-hydrogen) atoms. The molecule has 0 saturated heterocycles. The van der Waals surface area contributed by atoms with E-state index in [0.717, 1.165) is 10.8 Å². The Hall–Kier alpha value is -6.07. The Morgan fingerprint density at radius 2 is 1.09 bits per heavy atom. The summed E-state index contributed by atoms with van der Waals surface area (Å²) in [6.07, 6.45) is 0. The summed E-state index contributed by atoms with van der Waals surface area (Å²) in [7, 11) is 0. The zero-order valence-electron chi connectivity index (χ0n) is 32.7. The molecule has 0 unspecified atom stereocenters. The van der Waals surface area contributed by atoms with E-state index in [9.17, 15) is 0 Å². The van der Waals surface area contributed by atoms with Gasteiger partial charge in [-0.2, -0.15) is 0 Å². The summed E-state index contributed by atoms with van der Waals surface area (Å²) in [5, 5.41) is 2.88. The Bertz CT molecular complexity index is 3030. The van der Waals surface area contributed by atoms with Crippen molar-refractivity contribution in [1.82, 2.24) is 15.0 Å². The maximum Gasteiger partial charge on any atom is 0.164 e. The summed E-state index contributed by atoms with van der Waals surface area (Å²) in [5.41, 5.74) is 2.97. The Labute approximate surface area is 266 Å². The van der Waals surface area contributed by atoms with Gasteiger partial charge in [-0.25, -0.2) is 15.0 Å². The van der Waals surface area contributed by atoms with Crippen molar-refractivity contribution >= 4 is 43.9 Å². The maximum absolute atomic E-state index is 8.72. The lowest BCUT2D eigenvalue weighted by atomic mass is 10.0. The molecule has 0 atom stereocenters. The smallest absolute Gasteiger partial charge is 0.164 e. The van der Waals surface area contributed by atoms with Crippen LogP contribution in [-0.4, -0.2) is 15.0 Å². The van der Waals surface area contributed by atoms with Crippen LogP contribution < -0.4 is 0 Å². The second-order valence-corrected chi connectivity index (χ2v) is 10.1. The number of rotatable bonds is 4. The van der Waals surface area contributed by atoms with E-state index in [1.165, 1.54) is 0 Å². The number of para-hydroxylation sites is 2. The van der Waals surface area contributed by atoms with Gasteiger partial charge in [0.05, 0.1) is 13.7 Å². The van der Waals surface area contributed by atoms with Gasteiger partial charge in [0.2, 0.25) is 0 Å². The monoisotopic (exact) mass is 575 g/mol. The zero-order valence-corrected chi connectivity index (χ0v) is 22.7. The van der Waals surface area contributed by atoms with Gasteiger partial charge in [0, 0.05) is 43.8 Å². The van der Waals surface area contributed by atoms with Crippen molar-refractivity contribution in [2.45, 2.75) is 0 Å². The normalized spacial score (nSPS) is 14.8. The number of furan rings is 2. The van der Waals surface area contributed by atoms with Gasteiger partial charge < -0.3 is 8.83 Å². The number of benzene rings is 6. The highest BCUT2D eigenvalue weighted by Crippen LogP contribution is 2.40. The van der Waals surface area contributed by atoms with Gasteiger partial charge in [-0.05, 0) is 29.8 Å². The number of nitrogens with zero attached hydrogens (tertiary/aromatic N) is 3. The third kappa shape index (κ3) is 3.91. The predicted octanol–water partition coefficient (Wildman–Crippen LogP) is 10.3. The first-order chi connectivity index (χ1) is 25.9. The van der Waals surface area contributed by atoms with Crippen LogP contribution in [0.15, 0.2) is 148 Å². The van der Waals surface area contributed by atoms with Crippen molar-refractivity contribution in [3.63, 3.8) is 0 Å². The second-order valence-electron chi connectivity index (χ2n) is 10.1. The van der Waals surface area contributed by atoms with Crippen LogP contribution in [0.1, 0.15) is 13.7 Å². The van der Waals surface area contributed by atoms with Crippen LogP contribution in [0.3, 0.4) is 0 Å². The van der Waals surface area contributed by atoms with Crippen molar-refractivity contribution in [3.05, 3.63) is 139 Å². The highest BCUT2D eigenvalue weighted by molar-refractivity contribution is 6.15. The van der Waals surface area contributed by atoms with Gasteiger partial charge in [0.25, 0.3) is 0 Å². The summed E-state index contributed by atoms with van der Waals surface area (Å²) < 4.78 is 96.5. The van der Waals surface area contributed by atoms with E-state index in [1.54, 1.807) is 42.5 Å². The van der Waals surface area contributed by atoms with E-state index in [0.29, 0.717) is 44.2 Å². The van der Waals surface area contributed by atoms with Crippen LogP contribution in [0, 0.1) is 0 Å². The molecule has 0 aliphatic heterocycles. The summed E-state index contributed by atoms with van der Waals surface area (Å²) in [4.78, 5) is 14.3. The van der Waals surface area contributed by atoms with Crippen molar-refractivity contribution in [1.29, 1.82) is 0 Å². The molecule has 5 heteroatoms. The van der Waals surface area contributed by atoms with Crippen molar-refractivity contribution in [2.24, 2.45) is 0 Å². The molecule has 0 spiro atoms. The van der Waals surface area contributed by atoms with Gasteiger partial charge in [0.1, 0.15) is 22.3 Å². The van der Waals surface area contributed by atoms with Crippen LogP contribution in [0.5, 0.6) is 0 Å². The summed E-state index contributed by atoms with van der Waals surface area (Å²) in [6.45, 7) is 0. The van der Waals surface area contributed by atoms with E-state index >= 15 is 0 Å². The molecule has 9 aromatic rings. The van der Waals surface area contributed by atoms with E-state index in [2.05, 4.69) is 4.98 Å². The second kappa shape index (κ2) is 9.75. The molecule has 206 valence electrons. The van der Waals surface area contributed by atoms with E-state index in [1.807, 2.05) is 36.4 Å². The van der Waals surface area contributed by atoms with Gasteiger partial charge in [-0.3, -0.25) is 0 Å². The molecule has 3 aromatic heterocycles. The molecule has 0 N–H and O–H groups in total. The Morgan fingerprint density at radius 3 is 1.93 bits per heavy atom. The molecule has 9 rings (SSSR count). The number of hydrogen-bond donors (Lipinski definition) is 0. The molecule has 5 nitrogen and oxygen atoms in total. The molecule has 3 heterocycles. The van der Waals surface area contributed by atoms with Crippen LogP contribution >= 0.6 is 0 Å². The first-order valence-electron chi connectivity index (χ1n) is 18.7. The third-order valence-corrected chi connectivity index (χ3v) is 7.53. The average molecular weight is 576 g/mol. The molecular weight excluding hydrogens is 542 g/mol. The standard InChI is InChI=1S/C39H23N3O2/c1-3-11-24(12-4-1)27-16-9-17-30-35-31(18-10-20-33(35)44-36(27)30)39-41-37(25-13-5-2-6-14-25)40-38(42-39)26-21-22-29-28-15-7-8-19-32(28)43-34(29)23-26/h1-23H/i1D,2D,3D,4D,5D,6D,11D,12D,13D,14D. The highest BCUT2D eigenvalue weighted by Gasteiger charge is 2.20. The fraction of sp³-hybridized carbons (Fsp3) is 0. The summed E-state index contributed by atoms with van der Waals surface area (Å²) >= 11 is 0. The largest absolute Gasteiger partial charge is 0.456 e. The minimum Gasteiger partial charge on any atom is -0.456 e. The lowest BCUT2D eigenvalue weighted by molar-refractivity contribution is 0.669. The Morgan fingerprint density at radius 1 is 0.455 bits per heavy atom. The van der Waals surface area contributed by atoms with Crippen LogP contribution in [0.4, 0.5) is 0 Å². The van der Waals surface area contributed by atoms with Crippen LogP contribution in [0.25, 0.3) is 89.2 Å². The molecule has 0 aliphatic rings. The van der Waals surface area contributed by atoms with Crippen LogP contribution in [0.2, 0.25) is 0 Å². The van der Waals surface area contributed by atoms with E-state index < -0.39 is 48.3 Å². The van der Waals surface area contributed by atoms with E-state index in [4.69, 9.17) is 32.5 Å². The Kier molecular flexibility index (Phi) is 3.66. The highest BCUT2D eigenvalue weighted by atomic mass is 16.3. The number of aromatic nitrogens is 3. The minimum absolute atomic E-state index is 0.0147. The van der Waals surface area contributed by atoms with Crippen molar-refractivity contribution in [2.75, 3.05) is 0 Å². The first-order valence-corrected chi connectivity index (χ1v) is 13.7. The molecule has 0 radical (unpaired) electrons. The van der Waals surface area contributed by atoms with Gasteiger partial charge in [-0.1, -0.05) is 115 Å². The van der Waals surface area contributed by atoms with Crippen molar-refractivity contribution in [3.8, 4) is 45.3 Å². The molecule has 6 aromatic carbocycles. The number of fused-ring (bicyclic) bond motifs is 6. The molecular formula is C39H23N3O2. The first kappa shape index (κ1) is 16.5. The fourth-order valence-electron chi connectivity index (χ4n) is 5.58. The quantitative estimate of drug-likeness (QED) is 0.209. The predicted molar refractivity (Wildman–Crippen MR) is 176 cm³/mol. The third-order valence-electron chi connectivity index (χ3n) is 7.53. The van der Waals surface area contributed by atoms with Gasteiger partial charge in [0.15, 0.2) is 17.5 Å². The molecule has 0 amide bonds. The topological polar surface area (TPSA) is 65.0 Å². The zero-order chi connectivity index (χ0) is 37.7. The molecule has 0 bridgehead atoms. The van der Waals surface area contributed by atoms with Crippen molar-refractivity contribution < 1.29 is 22.5 Å². The van der Waals surface area contributed by atoms with Crippen LogP contribution in [-0.2, 0) is 0 Å². The minimum atomic E-state index is -0.553. The SMILES string of the molecule is [2H]c1c([2H])c([2H])c(-c2nc(-c3ccc4c(c3)oc3ccccc34)nc(-c3cccc4oc5c(-c6c([2H])c([2H])c([2H])c([2H])c6[2H])cccc5c34)n2)c([2H])c1[2H]. The van der Waals surface area contributed by atoms with E-state index in [-0.39, 0.29) is 46.3 Å². The van der Waals surface area contributed by atoms with Gasteiger partial charge >= 0.3 is 0 Å². The summed E-state index contributed by atoms with van der Waals surface area (Å²) in [5.74, 6) is 0.100. The molecule has 0 fully saturated rings. The lowest BCUT2D eigenvalue weighted by Gasteiger charge is -2.09. The average Bonchev–Trinajstić information content (AvgIpc) is 3.76. The molecule has 0 saturated carbocycles. The summed E-state index contributed by atoms with van der Waals surface area (Å²) in [6, 6.07) is 18.6. The fourth-order valence-corrected chi connectivity index (χ4v) is 5.58. The maximum atomic E-state index is 8.72.